The average molecular weight is 413 g/mol. The Balaban J connectivity index is 1.69. The predicted octanol–water partition coefficient (Wildman–Crippen LogP) is 3.96. The van der Waals surface area contributed by atoms with Crippen molar-refractivity contribution in [2.45, 2.75) is 33.2 Å². The van der Waals surface area contributed by atoms with E-state index in [4.69, 9.17) is 18.4 Å². The molecule has 0 fully saturated rings. The summed E-state index contributed by atoms with van der Waals surface area (Å²) in [5.74, 6) is 3.22. The molecule has 0 radical (unpaired) electrons. The summed E-state index contributed by atoms with van der Waals surface area (Å²) in [4.78, 5) is 18.9. The second-order valence-corrected chi connectivity index (χ2v) is 7.32. The molecule has 1 aromatic carbocycles. The fraction of sp³-hybridized carbons (Fsp3) is 0.409. The van der Waals surface area contributed by atoms with E-state index >= 15 is 0 Å². The zero-order valence-electron chi connectivity index (χ0n) is 17.8. The van der Waals surface area contributed by atoms with Gasteiger partial charge >= 0.3 is 0 Å². The molecular formula is C22H27N3O5. The molecule has 160 valence electrons. The van der Waals surface area contributed by atoms with E-state index in [1.807, 2.05) is 32.0 Å². The van der Waals surface area contributed by atoms with Crippen molar-refractivity contribution in [3.8, 4) is 22.9 Å². The van der Waals surface area contributed by atoms with E-state index in [1.165, 1.54) is 0 Å². The summed E-state index contributed by atoms with van der Waals surface area (Å²) in [5.41, 5.74) is 0.756. The van der Waals surface area contributed by atoms with Gasteiger partial charge in [-0.25, -0.2) is 0 Å². The number of ether oxygens (including phenoxy) is 2. The number of amides is 1. The molecule has 0 spiro atoms. The van der Waals surface area contributed by atoms with Gasteiger partial charge in [-0.3, -0.25) is 4.79 Å². The fourth-order valence-corrected chi connectivity index (χ4v) is 3.04. The first-order valence-electron chi connectivity index (χ1n) is 9.85. The average Bonchev–Trinajstić information content (AvgIpc) is 3.42. The highest BCUT2D eigenvalue weighted by molar-refractivity contribution is 5.76. The zero-order chi connectivity index (χ0) is 21.5. The minimum Gasteiger partial charge on any atom is -0.493 e. The summed E-state index contributed by atoms with van der Waals surface area (Å²) < 4.78 is 21.4. The predicted molar refractivity (Wildman–Crippen MR) is 110 cm³/mol. The molecule has 8 nitrogen and oxygen atoms in total. The van der Waals surface area contributed by atoms with Gasteiger partial charge in [0.25, 0.3) is 0 Å². The first-order valence-corrected chi connectivity index (χ1v) is 9.85. The Hall–Kier alpha value is -3.29. The number of nitrogens with zero attached hydrogens (tertiary/aromatic N) is 3. The van der Waals surface area contributed by atoms with Crippen LogP contribution in [0.2, 0.25) is 0 Å². The van der Waals surface area contributed by atoms with E-state index in [1.54, 1.807) is 37.5 Å². The van der Waals surface area contributed by atoms with Crippen LogP contribution in [0, 0.1) is 5.92 Å². The van der Waals surface area contributed by atoms with Crippen LogP contribution in [-0.2, 0) is 17.8 Å². The van der Waals surface area contributed by atoms with E-state index < -0.39 is 0 Å². The van der Waals surface area contributed by atoms with Crippen LogP contribution in [-0.4, -0.2) is 41.7 Å². The standard InChI is InChI=1S/C22H27N3O5/c1-15(2)12-21(26)25(14-17-6-5-11-29-17)10-9-20-23-22(24-30-20)16-7-8-18(27-3)19(13-16)28-4/h5-8,11,13,15H,9-10,12,14H2,1-4H3. The lowest BCUT2D eigenvalue weighted by atomic mass is 10.1. The van der Waals surface area contributed by atoms with Gasteiger partial charge in [0, 0.05) is 24.9 Å². The SMILES string of the molecule is COc1ccc(-c2noc(CCN(Cc3ccco3)C(=O)CC(C)C)n2)cc1OC. The van der Waals surface area contributed by atoms with Gasteiger partial charge < -0.3 is 23.3 Å². The Morgan fingerprint density at radius 3 is 2.63 bits per heavy atom. The van der Waals surface area contributed by atoms with E-state index in [2.05, 4.69) is 10.1 Å². The molecule has 0 saturated carbocycles. The highest BCUT2D eigenvalue weighted by Crippen LogP contribution is 2.31. The maximum Gasteiger partial charge on any atom is 0.228 e. The van der Waals surface area contributed by atoms with Gasteiger partial charge in [0.1, 0.15) is 5.76 Å². The smallest absolute Gasteiger partial charge is 0.228 e. The van der Waals surface area contributed by atoms with E-state index in [9.17, 15) is 4.79 Å². The number of methoxy groups -OCH3 is 2. The minimum absolute atomic E-state index is 0.0704. The molecule has 0 aliphatic rings. The van der Waals surface area contributed by atoms with Gasteiger partial charge in [0.2, 0.25) is 17.6 Å². The maximum atomic E-state index is 12.7. The first-order chi connectivity index (χ1) is 14.5. The molecule has 0 bridgehead atoms. The monoisotopic (exact) mass is 413 g/mol. The van der Waals surface area contributed by atoms with E-state index in [0.29, 0.717) is 49.1 Å². The van der Waals surface area contributed by atoms with E-state index in [-0.39, 0.29) is 11.8 Å². The van der Waals surface area contributed by atoms with Crippen LogP contribution in [0.1, 0.15) is 31.9 Å². The molecule has 3 rings (SSSR count). The van der Waals surface area contributed by atoms with Crippen LogP contribution in [0.5, 0.6) is 11.5 Å². The van der Waals surface area contributed by atoms with Crippen LogP contribution >= 0.6 is 0 Å². The van der Waals surface area contributed by atoms with Gasteiger partial charge in [-0.1, -0.05) is 19.0 Å². The zero-order valence-corrected chi connectivity index (χ0v) is 17.8. The van der Waals surface area contributed by atoms with Gasteiger partial charge in [0.15, 0.2) is 11.5 Å². The molecule has 0 aliphatic heterocycles. The quantitative estimate of drug-likeness (QED) is 0.497. The topological polar surface area (TPSA) is 90.8 Å². The molecule has 0 unspecified atom stereocenters. The third-order valence-corrected chi connectivity index (χ3v) is 4.57. The van der Waals surface area contributed by atoms with E-state index in [0.717, 1.165) is 11.3 Å². The van der Waals surface area contributed by atoms with Crippen LogP contribution in [0.3, 0.4) is 0 Å². The summed E-state index contributed by atoms with van der Waals surface area (Å²) in [6, 6.07) is 9.10. The number of carbonyl (C=O) groups excluding carboxylic acids is 1. The molecule has 0 atom stereocenters. The molecular weight excluding hydrogens is 386 g/mol. The number of furan rings is 1. The van der Waals surface area contributed by atoms with Crippen LogP contribution in [0.25, 0.3) is 11.4 Å². The third kappa shape index (κ3) is 5.40. The number of rotatable bonds is 10. The second-order valence-electron chi connectivity index (χ2n) is 7.32. The van der Waals surface area contributed by atoms with Crippen LogP contribution < -0.4 is 9.47 Å². The normalized spacial score (nSPS) is 11.0. The Labute approximate surface area is 175 Å². The lowest BCUT2D eigenvalue weighted by Crippen LogP contribution is -2.33. The molecule has 30 heavy (non-hydrogen) atoms. The Morgan fingerprint density at radius 1 is 1.17 bits per heavy atom. The Bertz CT molecular complexity index is 950. The van der Waals surface area contributed by atoms with Crippen molar-refractivity contribution in [2.75, 3.05) is 20.8 Å². The van der Waals surface area contributed by atoms with Crippen molar-refractivity contribution in [1.29, 1.82) is 0 Å². The molecule has 0 aliphatic carbocycles. The summed E-state index contributed by atoms with van der Waals surface area (Å²) in [6.45, 7) is 4.92. The van der Waals surface area contributed by atoms with Crippen molar-refractivity contribution in [1.82, 2.24) is 15.0 Å². The molecule has 0 N–H and O–H groups in total. The second kappa shape index (κ2) is 9.96. The lowest BCUT2D eigenvalue weighted by Gasteiger charge is -2.22. The number of benzene rings is 1. The molecule has 0 saturated heterocycles. The highest BCUT2D eigenvalue weighted by atomic mass is 16.5. The highest BCUT2D eigenvalue weighted by Gasteiger charge is 2.19. The lowest BCUT2D eigenvalue weighted by molar-refractivity contribution is -0.132. The number of hydrogen-bond donors (Lipinski definition) is 0. The molecule has 2 aromatic heterocycles. The summed E-state index contributed by atoms with van der Waals surface area (Å²) in [6.07, 6.45) is 2.53. The number of aromatic nitrogens is 2. The van der Waals surface area contributed by atoms with Gasteiger partial charge in [-0.2, -0.15) is 4.98 Å². The van der Waals surface area contributed by atoms with Gasteiger partial charge in [0.05, 0.1) is 27.0 Å². The van der Waals surface area contributed by atoms with Crippen molar-refractivity contribution in [2.24, 2.45) is 5.92 Å². The maximum absolute atomic E-state index is 12.7. The van der Waals surface area contributed by atoms with Gasteiger partial charge in [-0.15, -0.1) is 0 Å². The van der Waals surface area contributed by atoms with Crippen LogP contribution in [0.15, 0.2) is 45.5 Å². The summed E-state index contributed by atoms with van der Waals surface area (Å²) in [7, 11) is 3.16. The summed E-state index contributed by atoms with van der Waals surface area (Å²) >= 11 is 0. The fourth-order valence-electron chi connectivity index (χ4n) is 3.04. The number of hydrogen-bond acceptors (Lipinski definition) is 7. The van der Waals surface area contributed by atoms with Gasteiger partial charge in [-0.05, 0) is 36.2 Å². The molecule has 3 aromatic rings. The largest absolute Gasteiger partial charge is 0.493 e. The van der Waals surface area contributed by atoms with Crippen molar-refractivity contribution in [3.05, 3.63) is 48.2 Å². The van der Waals surface area contributed by atoms with Crippen LogP contribution in [0.4, 0.5) is 0 Å². The van der Waals surface area contributed by atoms with Crippen molar-refractivity contribution in [3.63, 3.8) is 0 Å². The Morgan fingerprint density at radius 2 is 1.97 bits per heavy atom. The minimum atomic E-state index is 0.0704. The van der Waals surface area contributed by atoms with Crippen molar-refractivity contribution < 1.29 is 23.2 Å². The first kappa shape index (κ1) is 21.4. The molecule has 1 amide bonds. The Kier molecular flexibility index (Phi) is 7.11. The van der Waals surface area contributed by atoms with Crippen molar-refractivity contribution >= 4 is 5.91 Å². The summed E-state index contributed by atoms with van der Waals surface area (Å²) in [5, 5.41) is 4.06. The third-order valence-electron chi connectivity index (χ3n) is 4.57. The molecule has 2 heterocycles. The number of carbonyl (C=O) groups is 1. The molecule has 8 heteroatoms.